The molecule has 0 spiro atoms. The number of piperidine rings is 1. The fourth-order valence-corrected chi connectivity index (χ4v) is 16.6. The molecular weight excluding hydrogens is 1040 g/mol. The number of benzene rings is 3. The van der Waals surface area contributed by atoms with E-state index in [1.807, 2.05) is 9.80 Å². The number of halogens is 4. The second-order valence-electron chi connectivity index (χ2n) is 24.7. The van der Waals surface area contributed by atoms with Gasteiger partial charge in [-0.15, -0.1) is 0 Å². The summed E-state index contributed by atoms with van der Waals surface area (Å²) in [6, 6.07) is 4.56. The highest BCUT2D eigenvalue weighted by Gasteiger charge is 2.52. The van der Waals surface area contributed by atoms with Gasteiger partial charge in [-0.05, 0) is 144 Å². The van der Waals surface area contributed by atoms with Crippen molar-refractivity contribution in [3.8, 4) is 0 Å². The molecule has 16 nitrogen and oxygen atoms in total. The van der Waals surface area contributed by atoms with Crippen LogP contribution in [0.3, 0.4) is 0 Å². The Morgan fingerprint density at radius 1 is 0.531 bits per heavy atom. The van der Waals surface area contributed by atoms with Crippen molar-refractivity contribution in [1.29, 1.82) is 0 Å². The number of ether oxygens (including phenoxy) is 2. The van der Waals surface area contributed by atoms with Gasteiger partial charge in [-0.2, -0.15) is 0 Å². The first-order valence-electron chi connectivity index (χ1n) is 30.1. The Kier molecular flexibility index (Phi) is 14.5. The monoisotopic (exact) mass is 1120 g/mol. The molecule has 13 rings (SSSR count). The topological polar surface area (TPSA) is 181 Å². The first kappa shape index (κ1) is 53.7. The number of rotatable bonds is 12. The zero-order valence-electron chi connectivity index (χ0n) is 46.3. The minimum absolute atomic E-state index is 0.0310. The zero-order valence-corrected chi connectivity index (χ0v) is 46.3. The number of aromatic nitrogens is 4. The van der Waals surface area contributed by atoms with Crippen LogP contribution in [0, 0.1) is 46.9 Å². The Hall–Kier alpha value is -6.60. The number of imidazole rings is 2. The van der Waals surface area contributed by atoms with E-state index in [-0.39, 0.29) is 70.1 Å². The Labute approximate surface area is 468 Å². The van der Waals surface area contributed by atoms with Gasteiger partial charge in [0.2, 0.25) is 11.8 Å². The lowest BCUT2D eigenvalue weighted by molar-refractivity contribution is -0.139. The average molecular weight is 1120 g/mol. The molecule has 10 atom stereocenters. The summed E-state index contributed by atoms with van der Waals surface area (Å²) in [6.07, 6.45) is 15.8. The Morgan fingerprint density at radius 2 is 0.975 bits per heavy atom. The minimum Gasteiger partial charge on any atom is -0.453 e. The van der Waals surface area contributed by atoms with Crippen molar-refractivity contribution < 1.29 is 46.2 Å². The van der Waals surface area contributed by atoms with Gasteiger partial charge >= 0.3 is 12.2 Å². The highest BCUT2D eigenvalue weighted by atomic mass is 19.1. The van der Waals surface area contributed by atoms with E-state index in [1.54, 1.807) is 21.9 Å². The van der Waals surface area contributed by atoms with Crippen LogP contribution in [-0.4, -0.2) is 105 Å². The summed E-state index contributed by atoms with van der Waals surface area (Å²) >= 11 is 0. The van der Waals surface area contributed by atoms with E-state index in [2.05, 4.69) is 20.6 Å². The van der Waals surface area contributed by atoms with Crippen LogP contribution >= 0.6 is 0 Å². The lowest BCUT2D eigenvalue weighted by Gasteiger charge is -2.35. The average Bonchev–Trinajstić information content (AvgIpc) is 4.37. The van der Waals surface area contributed by atoms with Crippen molar-refractivity contribution in [2.45, 2.75) is 183 Å². The van der Waals surface area contributed by atoms with Gasteiger partial charge in [0.25, 0.3) is 0 Å². The van der Waals surface area contributed by atoms with Crippen molar-refractivity contribution in [3.05, 3.63) is 82.4 Å². The molecule has 0 bridgehead atoms. The molecule has 81 heavy (non-hydrogen) atoms. The fraction of sp³-hybridized carbons (Fsp3) is 0.607. The molecule has 4 aliphatic carbocycles. The van der Waals surface area contributed by atoms with E-state index in [4.69, 9.17) is 19.4 Å². The summed E-state index contributed by atoms with van der Waals surface area (Å²) in [5.74, 6) is -1.58. The maximum absolute atomic E-state index is 17.2. The number of carbonyl (C=O) groups excluding carboxylic acids is 4. The number of carbonyl (C=O) groups is 4. The van der Waals surface area contributed by atoms with Crippen LogP contribution in [0.4, 0.5) is 38.5 Å². The molecule has 1 unspecified atom stereocenters. The molecule has 4 saturated carbocycles. The van der Waals surface area contributed by atoms with Crippen LogP contribution in [0.5, 0.6) is 0 Å². The molecule has 5 aromatic rings. The number of H-pyrrole nitrogens is 2. The summed E-state index contributed by atoms with van der Waals surface area (Å²) in [5, 5.41) is 5.76. The SMILES string of the molecule is COC(=O)NC(C(=O)N1[C@H](c2nc3cc(F)c([C@H]4CC[C@H](c5cc6[nH]c([C@@H]7C[C@@H]8CCC[C@@H]8N7C(=O)[C@@H](NC(=O)OC)C7CCCC7)nc6cc5F)N4c4cc(F)c(N5CCCCC5)c(F)c4)cc3[nH]2)C[C@@H]2CCC[C@@H]21)C1CCCC1. The minimum atomic E-state index is -0.817. The second kappa shape index (κ2) is 21.9. The van der Waals surface area contributed by atoms with E-state index in [1.165, 1.54) is 38.5 Å². The quantitative estimate of drug-likeness (QED) is 0.0878. The Morgan fingerprint density at radius 3 is 1.41 bits per heavy atom. The summed E-state index contributed by atoms with van der Waals surface area (Å²) < 4.78 is 77.7. The molecule has 432 valence electrons. The maximum atomic E-state index is 17.2. The number of alkyl carbamates (subject to hydrolysis) is 2. The van der Waals surface area contributed by atoms with Crippen molar-refractivity contribution in [2.75, 3.05) is 37.1 Å². The first-order chi connectivity index (χ1) is 39.3. The van der Waals surface area contributed by atoms with Crippen LogP contribution in [0.1, 0.15) is 182 Å². The highest BCUT2D eigenvalue weighted by molar-refractivity contribution is 5.88. The predicted octanol–water partition coefficient (Wildman–Crippen LogP) is 11.8. The predicted molar refractivity (Wildman–Crippen MR) is 295 cm³/mol. The number of aromatic amines is 2. The fourth-order valence-electron chi connectivity index (χ4n) is 16.6. The first-order valence-corrected chi connectivity index (χ1v) is 30.1. The number of likely N-dealkylation sites (tertiary alicyclic amines) is 2. The van der Waals surface area contributed by atoms with Crippen molar-refractivity contribution in [3.63, 3.8) is 0 Å². The number of hydrogen-bond acceptors (Lipinski definition) is 10. The van der Waals surface area contributed by atoms with Crippen LogP contribution in [0.25, 0.3) is 22.1 Å². The largest absolute Gasteiger partial charge is 0.453 e. The molecule has 4 amide bonds. The molecule has 4 N–H and O–H groups in total. The van der Waals surface area contributed by atoms with Crippen molar-refractivity contribution in [1.82, 2.24) is 40.4 Å². The lowest BCUT2D eigenvalue weighted by atomic mass is 9.96. The van der Waals surface area contributed by atoms with Gasteiger partial charge in [0.05, 0.1) is 60.5 Å². The van der Waals surface area contributed by atoms with E-state index in [9.17, 15) is 19.2 Å². The standard InChI is InChI=1S/C61H74F4N10O6/c1-80-60(78)70-53(32-12-4-5-13-32)58(76)74-47-18-10-16-34(47)24-51(74)56-66-43-28-37(39(62)30-45(43)68-56)49-20-21-50(73(49)36-26-41(64)55(42(65)27-36)72-22-8-3-9-23-72)38-29-44-46(31-40(38)63)69-57(67-44)52-25-35-17-11-19-48(35)75(52)59(77)54(71-61(79)81-2)33-14-6-7-15-33/h26-35,47-54H,3-25H2,1-2H3,(H,66,68)(H,67,69)(H,70,78)(H,71,79)/t34-,35-,47-,48-,49+,50+,51-,52-,53-,54?/m0/s1. The third-order valence-electron chi connectivity index (χ3n) is 20.3. The summed E-state index contributed by atoms with van der Waals surface area (Å²) in [4.78, 5) is 79.3. The van der Waals surface area contributed by atoms with Crippen LogP contribution in [0.2, 0.25) is 0 Å². The van der Waals surface area contributed by atoms with Gasteiger partial charge in [-0.3, -0.25) is 9.59 Å². The number of fused-ring (bicyclic) bond motifs is 4. The van der Waals surface area contributed by atoms with E-state index in [0.29, 0.717) is 72.5 Å². The normalized spacial score (nSPS) is 27.6. The smallest absolute Gasteiger partial charge is 0.407 e. The third-order valence-corrected chi connectivity index (χ3v) is 20.3. The summed E-state index contributed by atoms with van der Waals surface area (Å²) in [6.45, 7) is 1.02. The van der Waals surface area contributed by atoms with Crippen LogP contribution in [0.15, 0.2) is 36.4 Å². The third kappa shape index (κ3) is 9.70. The zero-order chi connectivity index (χ0) is 55.8. The van der Waals surface area contributed by atoms with E-state index >= 15 is 17.6 Å². The number of hydrogen-bond donors (Lipinski definition) is 4. The van der Waals surface area contributed by atoms with Gasteiger partial charge in [0.1, 0.15) is 41.1 Å². The van der Waals surface area contributed by atoms with E-state index < -0.39 is 71.7 Å². The number of methoxy groups -OCH3 is 2. The molecule has 0 radical (unpaired) electrons. The number of nitrogens with one attached hydrogen (secondary N) is 4. The summed E-state index contributed by atoms with van der Waals surface area (Å²) in [5.41, 5.74) is 2.24. The number of amides is 4. The van der Waals surface area contributed by atoms with Crippen molar-refractivity contribution >= 4 is 57.4 Å². The molecule has 8 fully saturated rings. The molecular formula is C61H74F4N10O6. The molecule has 6 heterocycles. The van der Waals surface area contributed by atoms with Gasteiger partial charge in [-0.25, -0.2) is 37.1 Å². The second-order valence-corrected chi connectivity index (χ2v) is 24.7. The van der Waals surface area contributed by atoms with Crippen LogP contribution in [-0.2, 0) is 19.1 Å². The molecule has 4 aliphatic heterocycles. The van der Waals surface area contributed by atoms with Crippen molar-refractivity contribution in [2.24, 2.45) is 23.7 Å². The molecule has 20 heteroatoms. The number of nitrogens with zero attached hydrogens (tertiary/aromatic N) is 6. The molecule has 2 aromatic heterocycles. The Bertz CT molecular complexity index is 3030. The van der Waals surface area contributed by atoms with Gasteiger partial charge in [0.15, 0.2) is 11.6 Å². The van der Waals surface area contributed by atoms with E-state index in [0.717, 1.165) is 109 Å². The molecule has 3 aromatic carbocycles. The maximum Gasteiger partial charge on any atom is 0.407 e. The lowest BCUT2D eigenvalue weighted by Crippen LogP contribution is -2.53. The Balaban J connectivity index is 0.851. The van der Waals surface area contributed by atoms with Gasteiger partial charge < -0.3 is 49.7 Å². The van der Waals surface area contributed by atoms with Gasteiger partial charge in [-0.1, -0.05) is 38.5 Å². The summed E-state index contributed by atoms with van der Waals surface area (Å²) in [7, 11) is 2.59. The number of anilines is 2. The molecule has 4 saturated heterocycles. The highest BCUT2D eigenvalue weighted by Crippen LogP contribution is 2.53. The molecule has 8 aliphatic rings. The van der Waals surface area contributed by atoms with Crippen LogP contribution < -0.4 is 20.4 Å². The van der Waals surface area contributed by atoms with Gasteiger partial charge in [0, 0.05) is 54.1 Å².